The lowest BCUT2D eigenvalue weighted by Gasteiger charge is -2.12. The molecule has 0 aliphatic carbocycles. The summed E-state index contributed by atoms with van der Waals surface area (Å²) in [5.41, 5.74) is 1.90. The predicted molar refractivity (Wildman–Crippen MR) is 89.0 cm³/mol. The van der Waals surface area contributed by atoms with E-state index in [-0.39, 0.29) is 5.91 Å². The van der Waals surface area contributed by atoms with Crippen molar-refractivity contribution in [3.8, 4) is 0 Å². The van der Waals surface area contributed by atoms with Gasteiger partial charge in [-0.2, -0.15) is 0 Å². The molecule has 1 aromatic carbocycles. The average molecular weight is 302 g/mol. The molecular formula is C17H22N2OS. The van der Waals surface area contributed by atoms with E-state index >= 15 is 0 Å². The highest BCUT2D eigenvalue weighted by atomic mass is 32.1. The topological polar surface area (TPSA) is 41.1 Å². The Morgan fingerprint density at radius 2 is 2.10 bits per heavy atom. The van der Waals surface area contributed by atoms with Crippen LogP contribution in [-0.4, -0.2) is 19.5 Å². The normalized spacial score (nSPS) is 12.1. The van der Waals surface area contributed by atoms with Crippen molar-refractivity contribution >= 4 is 17.2 Å². The van der Waals surface area contributed by atoms with Crippen LogP contribution in [0, 0.1) is 6.92 Å². The van der Waals surface area contributed by atoms with Gasteiger partial charge in [-0.15, -0.1) is 11.3 Å². The van der Waals surface area contributed by atoms with E-state index in [4.69, 9.17) is 0 Å². The summed E-state index contributed by atoms with van der Waals surface area (Å²) in [5.74, 6) is -0.0350. The first-order valence-corrected chi connectivity index (χ1v) is 8.02. The Morgan fingerprint density at radius 1 is 1.29 bits per heavy atom. The summed E-state index contributed by atoms with van der Waals surface area (Å²) in [6.07, 6.45) is 0.916. The quantitative estimate of drug-likeness (QED) is 0.859. The first kappa shape index (κ1) is 15.7. The zero-order valence-corrected chi connectivity index (χ0v) is 13.6. The van der Waals surface area contributed by atoms with Crippen molar-refractivity contribution in [2.24, 2.45) is 0 Å². The van der Waals surface area contributed by atoms with Crippen LogP contribution in [0.5, 0.6) is 0 Å². The Balaban J connectivity index is 1.87. The molecule has 0 bridgehead atoms. The Labute approximate surface area is 130 Å². The summed E-state index contributed by atoms with van der Waals surface area (Å²) in [5, 5.41) is 6.19. The number of benzene rings is 1. The molecule has 0 saturated carbocycles. The first-order chi connectivity index (χ1) is 10.1. The number of aryl methyl sites for hydroxylation is 1. The molecule has 0 fully saturated rings. The van der Waals surface area contributed by atoms with Crippen molar-refractivity contribution in [3.05, 3.63) is 57.3 Å². The minimum absolute atomic E-state index is 0.0350. The van der Waals surface area contributed by atoms with E-state index < -0.39 is 0 Å². The molecule has 0 radical (unpaired) electrons. The van der Waals surface area contributed by atoms with Crippen LogP contribution in [0.3, 0.4) is 0 Å². The average Bonchev–Trinajstić information content (AvgIpc) is 2.93. The molecule has 0 unspecified atom stereocenters. The fourth-order valence-corrected chi connectivity index (χ4v) is 3.14. The second-order valence-corrected chi connectivity index (χ2v) is 6.47. The fourth-order valence-electron chi connectivity index (χ4n) is 2.23. The Hall–Kier alpha value is -1.65. The molecule has 112 valence electrons. The van der Waals surface area contributed by atoms with Crippen LogP contribution in [0.1, 0.15) is 38.6 Å². The summed E-state index contributed by atoms with van der Waals surface area (Å²) in [4.78, 5) is 14.3. The van der Waals surface area contributed by atoms with Crippen LogP contribution < -0.4 is 10.6 Å². The molecule has 0 aliphatic rings. The number of thiophene rings is 1. The van der Waals surface area contributed by atoms with Crippen molar-refractivity contribution in [2.75, 3.05) is 13.6 Å². The number of hydrogen-bond donors (Lipinski definition) is 2. The van der Waals surface area contributed by atoms with Gasteiger partial charge in [0.1, 0.15) is 0 Å². The van der Waals surface area contributed by atoms with Crippen LogP contribution in [0.25, 0.3) is 0 Å². The van der Waals surface area contributed by atoms with Crippen LogP contribution in [0.2, 0.25) is 0 Å². The van der Waals surface area contributed by atoms with Crippen LogP contribution in [0.15, 0.2) is 36.4 Å². The van der Waals surface area contributed by atoms with Gasteiger partial charge in [0.2, 0.25) is 0 Å². The van der Waals surface area contributed by atoms with Gasteiger partial charge >= 0.3 is 0 Å². The summed E-state index contributed by atoms with van der Waals surface area (Å²) in [6, 6.07) is 12.5. The minimum atomic E-state index is -0.0350. The Kier molecular flexibility index (Phi) is 5.53. The highest BCUT2D eigenvalue weighted by Crippen LogP contribution is 2.22. The Bertz CT molecular complexity index is 606. The smallest absolute Gasteiger partial charge is 0.251 e. The number of amides is 1. The predicted octanol–water partition coefficient (Wildman–Crippen LogP) is 3.31. The van der Waals surface area contributed by atoms with Gasteiger partial charge in [0.15, 0.2) is 0 Å². The van der Waals surface area contributed by atoms with Gasteiger partial charge in [-0.3, -0.25) is 4.79 Å². The second-order valence-electron chi connectivity index (χ2n) is 5.15. The molecule has 1 heterocycles. The number of hydrogen-bond acceptors (Lipinski definition) is 3. The largest absolute Gasteiger partial charge is 0.355 e. The van der Waals surface area contributed by atoms with Crippen molar-refractivity contribution in [1.29, 1.82) is 0 Å². The molecule has 1 amide bonds. The molecule has 0 spiro atoms. The van der Waals surface area contributed by atoms with Gasteiger partial charge in [-0.25, -0.2) is 0 Å². The van der Waals surface area contributed by atoms with Gasteiger partial charge in [0.25, 0.3) is 5.91 Å². The molecule has 4 heteroatoms. The van der Waals surface area contributed by atoms with Gasteiger partial charge in [-0.1, -0.05) is 12.1 Å². The molecule has 21 heavy (non-hydrogen) atoms. The molecule has 3 nitrogen and oxygen atoms in total. The minimum Gasteiger partial charge on any atom is -0.355 e. The van der Waals surface area contributed by atoms with E-state index in [1.165, 1.54) is 15.3 Å². The summed E-state index contributed by atoms with van der Waals surface area (Å²) in [6.45, 7) is 5.21. The first-order valence-electron chi connectivity index (χ1n) is 7.21. The number of carbonyl (C=O) groups is 1. The third-order valence-electron chi connectivity index (χ3n) is 3.47. The summed E-state index contributed by atoms with van der Waals surface area (Å²) in [7, 11) is 1.65. The molecule has 1 aromatic heterocycles. The van der Waals surface area contributed by atoms with E-state index in [9.17, 15) is 4.79 Å². The maximum Gasteiger partial charge on any atom is 0.251 e. The maximum absolute atomic E-state index is 11.6. The zero-order chi connectivity index (χ0) is 15.2. The van der Waals surface area contributed by atoms with E-state index in [1.807, 2.05) is 29.5 Å². The second kappa shape index (κ2) is 7.38. The van der Waals surface area contributed by atoms with Gasteiger partial charge in [0.05, 0.1) is 0 Å². The van der Waals surface area contributed by atoms with Crippen molar-refractivity contribution in [3.63, 3.8) is 0 Å². The van der Waals surface area contributed by atoms with Crippen LogP contribution in [-0.2, 0) is 6.42 Å². The standard InChI is InChI=1S/C17H22N2OS/c1-12-7-8-16(21-12)13(2)19-10-9-14-5-4-6-15(11-14)17(20)18-3/h4-8,11,13,19H,9-10H2,1-3H3,(H,18,20)/t13-/m1/s1. The highest BCUT2D eigenvalue weighted by molar-refractivity contribution is 7.12. The van der Waals surface area contributed by atoms with E-state index in [1.54, 1.807) is 7.05 Å². The lowest BCUT2D eigenvalue weighted by atomic mass is 10.1. The van der Waals surface area contributed by atoms with Crippen molar-refractivity contribution in [1.82, 2.24) is 10.6 Å². The van der Waals surface area contributed by atoms with Crippen LogP contribution >= 0.6 is 11.3 Å². The fraction of sp³-hybridized carbons (Fsp3) is 0.353. The monoisotopic (exact) mass is 302 g/mol. The summed E-state index contributed by atoms with van der Waals surface area (Å²) < 4.78 is 0. The van der Waals surface area contributed by atoms with E-state index in [0.717, 1.165) is 18.5 Å². The number of rotatable bonds is 6. The SMILES string of the molecule is CNC(=O)c1cccc(CCN[C@H](C)c2ccc(C)s2)c1. The summed E-state index contributed by atoms with van der Waals surface area (Å²) >= 11 is 1.84. The Morgan fingerprint density at radius 3 is 2.76 bits per heavy atom. The third-order valence-corrected chi connectivity index (χ3v) is 4.65. The van der Waals surface area contributed by atoms with Gasteiger partial charge in [-0.05, 0) is 56.6 Å². The highest BCUT2D eigenvalue weighted by Gasteiger charge is 2.07. The van der Waals surface area contributed by atoms with Gasteiger partial charge < -0.3 is 10.6 Å². The molecule has 0 saturated heterocycles. The molecule has 2 rings (SSSR count). The molecule has 2 aromatic rings. The van der Waals surface area contributed by atoms with Crippen molar-refractivity contribution < 1.29 is 4.79 Å². The van der Waals surface area contributed by atoms with Crippen molar-refractivity contribution in [2.45, 2.75) is 26.3 Å². The zero-order valence-electron chi connectivity index (χ0n) is 12.8. The molecule has 1 atom stereocenters. The number of nitrogens with one attached hydrogen (secondary N) is 2. The molecule has 0 aliphatic heterocycles. The lowest BCUT2D eigenvalue weighted by molar-refractivity contribution is 0.0963. The third kappa shape index (κ3) is 4.41. The van der Waals surface area contributed by atoms with Gasteiger partial charge in [0, 0.05) is 28.4 Å². The van der Waals surface area contributed by atoms with E-state index in [2.05, 4.69) is 42.7 Å². The maximum atomic E-state index is 11.6. The lowest BCUT2D eigenvalue weighted by Crippen LogP contribution is -2.21. The molecular weight excluding hydrogens is 280 g/mol. The molecule has 2 N–H and O–H groups in total. The van der Waals surface area contributed by atoms with Crippen LogP contribution in [0.4, 0.5) is 0 Å². The van der Waals surface area contributed by atoms with E-state index in [0.29, 0.717) is 6.04 Å². The number of carbonyl (C=O) groups excluding carboxylic acids is 1.